The van der Waals surface area contributed by atoms with Gasteiger partial charge < -0.3 is 9.67 Å². The molecular formula is C11H9FN4O4S. The molecule has 0 atom stereocenters. The van der Waals surface area contributed by atoms with Gasteiger partial charge in [0.05, 0.1) is 16.7 Å². The molecule has 110 valence electrons. The van der Waals surface area contributed by atoms with Gasteiger partial charge in [-0.1, -0.05) is 11.8 Å². The molecule has 1 heterocycles. The fourth-order valence-electron chi connectivity index (χ4n) is 1.63. The summed E-state index contributed by atoms with van der Waals surface area (Å²) in [6, 6.07) is 3.08. The smallest absolute Gasteiger partial charge is 0.313 e. The summed E-state index contributed by atoms with van der Waals surface area (Å²) in [5.41, 5.74) is -0.202. The number of nitro groups is 1. The third-order valence-electron chi connectivity index (χ3n) is 2.51. The number of aliphatic carboxylic acids is 1. The van der Waals surface area contributed by atoms with Gasteiger partial charge in [-0.15, -0.1) is 10.2 Å². The van der Waals surface area contributed by atoms with E-state index in [2.05, 4.69) is 10.2 Å². The molecule has 2 rings (SSSR count). The summed E-state index contributed by atoms with van der Waals surface area (Å²) in [5, 5.41) is 27.3. The minimum atomic E-state index is -1.01. The Bertz CT molecular complexity index is 718. The number of thioether (sulfide) groups is 1. The van der Waals surface area contributed by atoms with Gasteiger partial charge in [-0.2, -0.15) is 0 Å². The van der Waals surface area contributed by atoms with Crippen molar-refractivity contribution in [3.63, 3.8) is 0 Å². The number of halogens is 1. The van der Waals surface area contributed by atoms with Crippen LogP contribution in [0.3, 0.4) is 0 Å². The lowest BCUT2D eigenvalue weighted by Gasteiger charge is -2.03. The molecule has 1 aromatic heterocycles. The summed E-state index contributed by atoms with van der Waals surface area (Å²) in [6.45, 7) is 0. The fraction of sp³-hybridized carbons (Fsp3) is 0.182. The molecule has 1 aromatic carbocycles. The molecule has 0 bridgehead atoms. The molecule has 2 aromatic rings. The number of carboxylic acid groups (broad SMARTS) is 1. The van der Waals surface area contributed by atoms with Crippen LogP contribution in [0.15, 0.2) is 23.4 Å². The second-order valence-corrected chi connectivity index (χ2v) is 4.95. The third-order valence-corrected chi connectivity index (χ3v) is 3.52. The lowest BCUT2D eigenvalue weighted by atomic mass is 10.2. The van der Waals surface area contributed by atoms with E-state index in [9.17, 15) is 19.3 Å². The largest absolute Gasteiger partial charge is 0.481 e. The van der Waals surface area contributed by atoms with Gasteiger partial charge in [0.2, 0.25) is 0 Å². The molecular weight excluding hydrogens is 303 g/mol. The quantitative estimate of drug-likeness (QED) is 0.508. The Labute approximate surface area is 121 Å². The van der Waals surface area contributed by atoms with E-state index in [1.807, 2.05) is 0 Å². The predicted molar refractivity (Wildman–Crippen MR) is 71.4 cm³/mol. The minimum absolute atomic E-state index is 0.193. The van der Waals surface area contributed by atoms with Gasteiger partial charge in [-0.25, -0.2) is 4.39 Å². The maximum Gasteiger partial charge on any atom is 0.313 e. The van der Waals surface area contributed by atoms with Crippen LogP contribution in [0.1, 0.15) is 0 Å². The second kappa shape index (κ2) is 5.87. The van der Waals surface area contributed by atoms with Crippen molar-refractivity contribution in [2.24, 2.45) is 7.05 Å². The highest BCUT2D eigenvalue weighted by molar-refractivity contribution is 7.99. The zero-order chi connectivity index (χ0) is 15.6. The van der Waals surface area contributed by atoms with Gasteiger partial charge in [0, 0.05) is 18.7 Å². The number of nitrogens with zero attached hydrogens (tertiary/aromatic N) is 4. The number of carbonyl (C=O) groups is 1. The van der Waals surface area contributed by atoms with Crippen molar-refractivity contribution in [3.8, 4) is 11.4 Å². The maximum atomic E-state index is 13.4. The SMILES string of the molecule is Cn1c(SCC(=O)O)nnc1-c1cc(F)cc([N+](=O)[O-])c1. The van der Waals surface area contributed by atoms with E-state index in [1.165, 1.54) is 10.6 Å². The zero-order valence-electron chi connectivity index (χ0n) is 10.7. The normalized spacial score (nSPS) is 10.6. The van der Waals surface area contributed by atoms with E-state index in [-0.39, 0.29) is 17.1 Å². The van der Waals surface area contributed by atoms with Crippen molar-refractivity contribution in [1.29, 1.82) is 0 Å². The van der Waals surface area contributed by atoms with Crippen LogP contribution in [-0.2, 0) is 11.8 Å². The van der Waals surface area contributed by atoms with Gasteiger partial charge in [0.1, 0.15) is 5.82 Å². The van der Waals surface area contributed by atoms with E-state index in [0.29, 0.717) is 5.16 Å². The maximum absolute atomic E-state index is 13.4. The highest BCUT2D eigenvalue weighted by Crippen LogP contribution is 2.26. The molecule has 0 radical (unpaired) electrons. The van der Waals surface area contributed by atoms with Crippen LogP contribution in [0.25, 0.3) is 11.4 Å². The molecule has 21 heavy (non-hydrogen) atoms. The number of non-ortho nitro benzene ring substituents is 1. The van der Waals surface area contributed by atoms with Crippen LogP contribution in [-0.4, -0.2) is 36.5 Å². The fourth-order valence-corrected chi connectivity index (χ4v) is 2.26. The van der Waals surface area contributed by atoms with Crippen LogP contribution < -0.4 is 0 Å². The van der Waals surface area contributed by atoms with Crippen molar-refractivity contribution < 1.29 is 19.2 Å². The molecule has 0 amide bonds. The highest BCUT2D eigenvalue weighted by atomic mass is 32.2. The van der Waals surface area contributed by atoms with Crippen LogP contribution >= 0.6 is 11.8 Å². The number of rotatable bonds is 5. The molecule has 0 aliphatic carbocycles. The Morgan fingerprint density at radius 1 is 1.48 bits per heavy atom. The molecule has 8 nitrogen and oxygen atoms in total. The molecule has 1 N–H and O–H groups in total. The lowest BCUT2D eigenvalue weighted by Crippen LogP contribution is -2.01. The Morgan fingerprint density at radius 3 is 2.81 bits per heavy atom. The molecule has 0 aliphatic heterocycles. The van der Waals surface area contributed by atoms with E-state index < -0.39 is 22.4 Å². The van der Waals surface area contributed by atoms with Gasteiger partial charge in [-0.05, 0) is 6.07 Å². The van der Waals surface area contributed by atoms with E-state index in [1.54, 1.807) is 7.05 Å². The Balaban J connectivity index is 2.38. The summed E-state index contributed by atoms with van der Waals surface area (Å²) in [6.07, 6.45) is 0. The molecule has 0 unspecified atom stereocenters. The Hall–Kier alpha value is -2.49. The Kier molecular flexibility index (Phi) is 4.17. The van der Waals surface area contributed by atoms with Crippen LogP contribution in [0, 0.1) is 15.9 Å². The van der Waals surface area contributed by atoms with Gasteiger partial charge in [0.25, 0.3) is 5.69 Å². The number of benzene rings is 1. The molecule has 0 spiro atoms. The first-order valence-corrected chi connectivity index (χ1v) is 6.56. The Morgan fingerprint density at radius 2 is 2.19 bits per heavy atom. The predicted octanol–water partition coefficient (Wildman–Crippen LogP) is 1.71. The molecule has 0 saturated heterocycles. The first-order valence-electron chi connectivity index (χ1n) is 5.58. The molecule has 0 aliphatic rings. The summed E-state index contributed by atoms with van der Waals surface area (Å²) in [7, 11) is 1.57. The van der Waals surface area contributed by atoms with Gasteiger partial charge in [-0.3, -0.25) is 14.9 Å². The van der Waals surface area contributed by atoms with Crippen LogP contribution in [0.5, 0.6) is 0 Å². The molecule has 0 fully saturated rings. The van der Waals surface area contributed by atoms with Crippen molar-refractivity contribution in [3.05, 3.63) is 34.1 Å². The monoisotopic (exact) mass is 312 g/mol. The third kappa shape index (κ3) is 3.34. The minimum Gasteiger partial charge on any atom is -0.481 e. The average Bonchev–Trinajstić information content (AvgIpc) is 2.77. The lowest BCUT2D eigenvalue weighted by molar-refractivity contribution is -0.385. The topological polar surface area (TPSA) is 111 Å². The summed E-state index contributed by atoms with van der Waals surface area (Å²) in [4.78, 5) is 20.5. The average molecular weight is 312 g/mol. The van der Waals surface area contributed by atoms with E-state index in [4.69, 9.17) is 5.11 Å². The highest BCUT2D eigenvalue weighted by Gasteiger charge is 2.17. The van der Waals surface area contributed by atoms with E-state index in [0.717, 1.165) is 23.9 Å². The van der Waals surface area contributed by atoms with Gasteiger partial charge in [0.15, 0.2) is 11.0 Å². The summed E-state index contributed by atoms with van der Waals surface area (Å²) in [5.74, 6) is -1.76. The van der Waals surface area contributed by atoms with Crippen molar-refractivity contribution >= 4 is 23.4 Å². The number of aromatic nitrogens is 3. The number of carboxylic acids is 1. The standard InChI is InChI=1S/C11H9FN4O4S/c1-15-10(13-14-11(15)21-5-9(17)18)6-2-7(12)4-8(3-6)16(19)20/h2-4H,5H2,1H3,(H,17,18). The van der Waals surface area contributed by atoms with Crippen molar-refractivity contribution in [1.82, 2.24) is 14.8 Å². The number of hydrogen-bond acceptors (Lipinski definition) is 6. The molecule has 10 heteroatoms. The van der Waals surface area contributed by atoms with Gasteiger partial charge >= 0.3 is 5.97 Å². The molecule has 0 saturated carbocycles. The zero-order valence-corrected chi connectivity index (χ0v) is 11.5. The first kappa shape index (κ1) is 14.9. The van der Waals surface area contributed by atoms with Crippen molar-refractivity contribution in [2.45, 2.75) is 5.16 Å². The summed E-state index contributed by atoms with van der Waals surface area (Å²) < 4.78 is 14.9. The number of nitro benzene ring substituents is 1. The van der Waals surface area contributed by atoms with E-state index >= 15 is 0 Å². The number of hydrogen-bond donors (Lipinski definition) is 1. The van der Waals surface area contributed by atoms with Crippen molar-refractivity contribution in [2.75, 3.05) is 5.75 Å². The summed E-state index contributed by atoms with van der Waals surface area (Å²) >= 11 is 0.948. The first-order chi connectivity index (χ1) is 9.88. The second-order valence-electron chi connectivity index (χ2n) is 4.00. The van der Waals surface area contributed by atoms with Crippen LogP contribution in [0.2, 0.25) is 0 Å². The van der Waals surface area contributed by atoms with Crippen LogP contribution in [0.4, 0.5) is 10.1 Å².